The van der Waals surface area contributed by atoms with Crippen LogP contribution in [0, 0.1) is 5.92 Å². The van der Waals surface area contributed by atoms with Crippen LogP contribution in [-0.4, -0.2) is 32.2 Å². The lowest BCUT2D eigenvalue weighted by Crippen LogP contribution is -2.20. The molecule has 0 aliphatic carbocycles. The number of rotatable bonds is 4. The first-order valence-corrected chi connectivity index (χ1v) is 4.94. The number of fused-ring (bicyclic) bond motifs is 1. The molecular weight excluding hydrogens is 208 g/mol. The van der Waals surface area contributed by atoms with E-state index in [0.717, 1.165) is 5.65 Å². The summed E-state index contributed by atoms with van der Waals surface area (Å²) in [5.41, 5.74) is 0.730. The van der Waals surface area contributed by atoms with Crippen LogP contribution in [0.15, 0.2) is 24.5 Å². The fourth-order valence-corrected chi connectivity index (χ4v) is 1.26. The highest BCUT2D eigenvalue weighted by Crippen LogP contribution is 2.06. The summed E-state index contributed by atoms with van der Waals surface area (Å²) >= 11 is 0. The van der Waals surface area contributed by atoms with E-state index < -0.39 is 11.9 Å². The monoisotopic (exact) mass is 220 g/mol. The fourth-order valence-electron chi connectivity index (χ4n) is 1.26. The van der Waals surface area contributed by atoms with Gasteiger partial charge in [0.25, 0.3) is 0 Å². The molecule has 2 aromatic rings. The molecular formula is C10H12N4O2. The quantitative estimate of drug-likeness (QED) is 0.798. The van der Waals surface area contributed by atoms with Gasteiger partial charge >= 0.3 is 5.97 Å². The van der Waals surface area contributed by atoms with Gasteiger partial charge in [0.05, 0.1) is 12.1 Å². The minimum Gasteiger partial charge on any atom is -0.481 e. The van der Waals surface area contributed by atoms with Crippen molar-refractivity contribution in [3.63, 3.8) is 0 Å². The molecule has 2 N–H and O–H groups in total. The van der Waals surface area contributed by atoms with Crippen LogP contribution in [0.25, 0.3) is 5.65 Å². The van der Waals surface area contributed by atoms with E-state index in [-0.39, 0.29) is 0 Å². The van der Waals surface area contributed by atoms with Gasteiger partial charge in [0.2, 0.25) is 0 Å². The Labute approximate surface area is 91.9 Å². The van der Waals surface area contributed by atoms with Crippen LogP contribution >= 0.6 is 0 Å². The molecule has 2 aromatic heterocycles. The van der Waals surface area contributed by atoms with Gasteiger partial charge < -0.3 is 10.4 Å². The zero-order valence-corrected chi connectivity index (χ0v) is 8.79. The maximum absolute atomic E-state index is 10.6. The molecule has 16 heavy (non-hydrogen) atoms. The Balaban J connectivity index is 2.06. The molecule has 0 bridgehead atoms. The minimum absolute atomic E-state index is 0.354. The Morgan fingerprint density at radius 1 is 1.62 bits per heavy atom. The third kappa shape index (κ3) is 2.10. The van der Waals surface area contributed by atoms with Crippen LogP contribution < -0.4 is 5.32 Å². The van der Waals surface area contributed by atoms with Crippen molar-refractivity contribution in [1.29, 1.82) is 0 Å². The summed E-state index contributed by atoms with van der Waals surface area (Å²) in [5, 5.41) is 15.7. The summed E-state index contributed by atoms with van der Waals surface area (Å²) in [6.45, 7) is 2.00. The number of hydrogen-bond donors (Lipinski definition) is 2. The smallest absolute Gasteiger partial charge is 0.308 e. The van der Waals surface area contributed by atoms with Crippen molar-refractivity contribution in [1.82, 2.24) is 14.6 Å². The lowest BCUT2D eigenvalue weighted by Gasteiger charge is -2.08. The molecule has 1 atom stereocenters. The summed E-state index contributed by atoms with van der Waals surface area (Å²) < 4.78 is 1.64. The Bertz CT molecular complexity index is 508. The van der Waals surface area contributed by atoms with Crippen LogP contribution in [0.5, 0.6) is 0 Å². The van der Waals surface area contributed by atoms with Gasteiger partial charge in [-0.3, -0.25) is 4.79 Å². The molecule has 6 nitrogen and oxygen atoms in total. The fraction of sp³-hybridized carbons (Fsp3) is 0.300. The van der Waals surface area contributed by atoms with Crippen LogP contribution in [0.2, 0.25) is 0 Å². The van der Waals surface area contributed by atoms with Gasteiger partial charge in [-0.05, 0) is 6.07 Å². The molecule has 0 spiro atoms. The lowest BCUT2D eigenvalue weighted by molar-refractivity contribution is -0.140. The first kappa shape index (κ1) is 10.4. The van der Waals surface area contributed by atoms with E-state index in [2.05, 4.69) is 15.4 Å². The highest BCUT2D eigenvalue weighted by Gasteiger charge is 2.10. The molecule has 2 heterocycles. The van der Waals surface area contributed by atoms with Crippen molar-refractivity contribution in [3.8, 4) is 0 Å². The Morgan fingerprint density at radius 2 is 2.44 bits per heavy atom. The van der Waals surface area contributed by atoms with E-state index in [1.807, 2.05) is 0 Å². The van der Waals surface area contributed by atoms with Gasteiger partial charge in [0, 0.05) is 18.8 Å². The van der Waals surface area contributed by atoms with Crippen LogP contribution in [0.1, 0.15) is 6.92 Å². The highest BCUT2D eigenvalue weighted by molar-refractivity contribution is 5.70. The molecule has 0 aromatic carbocycles. The lowest BCUT2D eigenvalue weighted by atomic mass is 10.2. The zero-order chi connectivity index (χ0) is 11.5. The molecule has 0 amide bonds. The summed E-state index contributed by atoms with van der Waals surface area (Å²) in [5.74, 6) is -0.609. The molecule has 0 aliphatic rings. The summed E-state index contributed by atoms with van der Waals surface area (Å²) in [6.07, 6.45) is 3.43. The number of hydrogen-bond acceptors (Lipinski definition) is 4. The van der Waals surface area contributed by atoms with Crippen molar-refractivity contribution >= 4 is 17.4 Å². The van der Waals surface area contributed by atoms with Gasteiger partial charge in [0.1, 0.15) is 5.82 Å². The van der Waals surface area contributed by atoms with Gasteiger partial charge in [-0.1, -0.05) is 6.92 Å². The molecule has 2 rings (SSSR count). The molecule has 0 aliphatic heterocycles. The summed E-state index contributed by atoms with van der Waals surface area (Å²) in [4.78, 5) is 14.9. The van der Waals surface area contributed by atoms with E-state index >= 15 is 0 Å². The first-order valence-electron chi connectivity index (χ1n) is 4.94. The number of anilines is 1. The molecule has 0 saturated carbocycles. The minimum atomic E-state index is -0.821. The Morgan fingerprint density at radius 3 is 3.19 bits per heavy atom. The third-order valence-corrected chi connectivity index (χ3v) is 2.27. The van der Waals surface area contributed by atoms with Crippen molar-refractivity contribution in [3.05, 3.63) is 24.5 Å². The van der Waals surface area contributed by atoms with Gasteiger partial charge in [0.15, 0.2) is 5.65 Å². The molecule has 0 fully saturated rings. The molecule has 0 saturated heterocycles. The standard InChI is InChI=1S/C10H12N4O2/c1-7(10(15)16)6-11-8-3-5-14-9(13-8)2-4-12-14/h2-5,7H,6H2,1H3,(H,11,13)(H,15,16). The first-order chi connectivity index (χ1) is 7.66. The van der Waals surface area contributed by atoms with Crippen molar-refractivity contribution in [2.45, 2.75) is 6.92 Å². The van der Waals surface area contributed by atoms with Gasteiger partial charge in [-0.2, -0.15) is 5.10 Å². The van der Waals surface area contributed by atoms with Crippen molar-refractivity contribution in [2.75, 3.05) is 11.9 Å². The van der Waals surface area contributed by atoms with Crippen LogP contribution in [0.4, 0.5) is 5.82 Å². The topological polar surface area (TPSA) is 79.5 Å². The Hall–Kier alpha value is -2.11. The van der Waals surface area contributed by atoms with Gasteiger partial charge in [-0.25, -0.2) is 9.50 Å². The van der Waals surface area contributed by atoms with E-state index in [0.29, 0.717) is 12.4 Å². The van der Waals surface area contributed by atoms with Gasteiger partial charge in [-0.15, -0.1) is 0 Å². The summed E-state index contributed by atoms with van der Waals surface area (Å²) in [6, 6.07) is 3.54. The predicted octanol–water partition coefficient (Wildman–Crippen LogP) is 0.862. The van der Waals surface area contributed by atoms with Crippen LogP contribution in [-0.2, 0) is 4.79 Å². The van der Waals surface area contributed by atoms with E-state index in [1.54, 1.807) is 36.0 Å². The second kappa shape index (κ2) is 4.18. The number of carboxylic acids is 1. The second-order valence-corrected chi connectivity index (χ2v) is 3.57. The van der Waals surface area contributed by atoms with E-state index in [1.165, 1.54) is 0 Å². The Kier molecular flexibility index (Phi) is 2.72. The number of carboxylic acid groups (broad SMARTS) is 1. The maximum Gasteiger partial charge on any atom is 0.308 e. The average molecular weight is 220 g/mol. The average Bonchev–Trinajstić information content (AvgIpc) is 2.72. The van der Waals surface area contributed by atoms with Crippen LogP contribution in [0.3, 0.4) is 0 Å². The molecule has 6 heteroatoms. The van der Waals surface area contributed by atoms with E-state index in [9.17, 15) is 4.79 Å². The SMILES string of the molecule is CC(CNc1ccn2nccc2n1)C(=O)O. The number of carbonyl (C=O) groups is 1. The number of nitrogens with zero attached hydrogens (tertiary/aromatic N) is 3. The highest BCUT2D eigenvalue weighted by atomic mass is 16.4. The molecule has 84 valence electrons. The second-order valence-electron chi connectivity index (χ2n) is 3.57. The number of aliphatic carboxylic acids is 1. The predicted molar refractivity (Wildman–Crippen MR) is 58.3 cm³/mol. The number of nitrogens with one attached hydrogen (secondary N) is 1. The summed E-state index contributed by atoms with van der Waals surface area (Å²) in [7, 11) is 0. The third-order valence-electron chi connectivity index (χ3n) is 2.27. The van der Waals surface area contributed by atoms with Crippen molar-refractivity contribution < 1.29 is 9.90 Å². The van der Waals surface area contributed by atoms with Crippen molar-refractivity contribution in [2.24, 2.45) is 5.92 Å². The molecule has 1 unspecified atom stereocenters. The zero-order valence-electron chi connectivity index (χ0n) is 8.79. The normalized spacial score (nSPS) is 12.6. The number of aromatic nitrogens is 3. The van der Waals surface area contributed by atoms with E-state index in [4.69, 9.17) is 5.11 Å². The largest absolute Gasteiger partial charge is 0.481 e. The maximum atomic E-state index is 10.6. The molecule has 0 radical (unpaired) electrons.